The van der Waals surface area contributed by atoms with Crippen LogP contribution in [-0.4, -0.2) is 146 Å². The maximum Gasteiger partial charge on any atom is 0.245 e. The quantitative estimate of drug-likeness (QED) is 0.145. The van der Waals surface area contributed by atoms with Crippen molar-refractivity contribution < 1.29 is 33.4 Å². The Labute approximate surface area is 361 Å². The number of ether oxygens (including phenoxy) is 2. The number of amides is 5. The number of nitrogens with zero attached hydrogens (tertiary/aromatic N) is 3. The van der Waals surface area contributed by atoms with E-state index in [0.29, 0.717) is 19.4 Å². The first-order chi connectivity index (χ1) is 28.3. The summed E-state index contributed by atoms with van der Waals surface area (Å²) in [5, 5.41) is 12.5. The summed E-state index contributed by atoms with van der Waals surface area (Å²) in [4.78, 5) is 75.9. The molecule has 0 aromatic heterocycles. The van der Waals surface area contributed by atoms with E-state index >= 15 is 0 Å². The third-order valence-electron chi connectivity index (χ3n) is 12.3. The SMILES string of the molecule is CC[C@H](C)[C@@H](C(CC(=O)N1CCC[C@H]1[C@H](OC)[C@@H](C)C(=O)N[C@@H](Cc1ccccc1)C(=O)NC(C)(C)C)OC)N(C)C(=O)[C@@H](NC(=O)[C@H](C(C)C)N1CCNCC1)C(C)C. The molecule has 1 aromatic rings. The minimum absolute atomic E-state index is 0.0138. The number of likely N-dealkylation sites (tertiary alicyclic amines) is 1. The lowest BCUT2D eigenvalue weighted by molar-refractivity contribution is -0.148. The summed E-state index contributed by atoms with van der Waals surface area (Å²) in [6, 6.07) is 6.78. The first kappa shape index (κ1) is 50.8. The van der Waals surface area contributed by atoms with E-state index in [1.807, 2.05) is 78.8 Å². The lowest BCUT2D eigenvalue weighted by Crippen LogP contribution is -2.61. The van der Waals surface area contributed by atoms with Gasteiger partial charge < -0.3 is 40.5 Å². The molecule has 0 radical (unpaired) electrons. The van der Waals surface area contributed by atoms with Gasteiger partial charge in [0.1, 0.15) is 12.1 Å². The normalized spacial score (nSPS) is 20.4. The van der Waals surface area contributed by atoms with Crippen LogP contribution in [0.15, 0.2) is 30.3 Å². The molecule has 3 rings (SSSR count). The molecule has 2 saturated heterocycles. The van der Waals surface area contributed by atoms with Gasteiger partial charge in [-0.05, 0) is 56.9 Å². The van der Waals surface area contributed by atoms with Gasteiger partial charge in [-0.1, -0.05) is 85.2 Å². The maximum absolute atomic E-state index is 14.5. The number of carbonyl (C=O) groups excluding carboxylic acids is 5. The number of piperazine rings is 1. The Morgan fingerprint density at radius 3 is 2.03 bits per heavy atom. The van der Waals surface area contributed by atoms with Crippen molar-refractivity contribution in [3.8, 4) is 0 Å². The average molecular weight is 842 g/mol. The number of rotatable bonds is 21. The van der Waals surface area contributed by atoms with Gasteiger partial charge >= 0.3 is 0 Å². The van der Waals surface area contributed by atoms with Gasteiger partial charge in [-0.2, -0.15) is 0 Å². The fourth-order valence-corrected chi connectivity index (χ4v) is 8.95. The zero-order valence-corrected chi connectivity index (χ0v) is 39.0. The largest absolute Gasteiger partial charge is 0.379 e. The van der Waals surface area contributed by atoms with Crippen LogP contribution in [0.1, 0.15) is 100 Å². The second-order valence-electron chi connectivity index (χ2n) is 18.8. The molecule has 2 aliphatic rings. The molecule has 14 nitrogen and oxygen atoms in total. The zero-order valence-electron chi connectivity index (χ0n) is 39.0. The third-order valence-corrected chi connectivity index (χ3v) is 12.3. The molecular weight excluding hydrogens is 763 g/mol. The van der Waals surface area contributed by atoms with Gasteiger partial charge in [0.25, 0.3) is 0 Å². The van der Waals surface area contributed by atoms with E-state index in [2.05, 4.69) is 40.0 Å². The van der Waals surface area contributed by atoms with E-state index < -0.39 is 41.8 Å². The molecule has 340 valence electrons. The fourth-order valence-electron chi connectivity index (χ4n) is 8.95. The Morgan fingerprint density at radius 2 is 1.50 bits per heavy atom. The van der Waals surface area contributed by atoms with Crippen molar-refractivity contribution in [3.63, 3.8) is 0 Å². The lowest BCUT2D eigenvalue weighted by Gasteiger charge is -2.41. The second-order valence-corrected chi connectivity index (χ2v) is 18.8. The highest BCUT2D eigenvalue weighted by Crippen LogP contribution is 2.30. The van der Waals surface area contributed by atoms with Crippen molar-refractivity contribution >= 4 is 29.5 Å². The first-order valence-corrected chi connectivity index (χ1v) is 22.3. The van der Waals surface area contributed by atoms with Crippen molar-refractivity contribution in [2.75, 3.05) is 54.0 Å². The van der Waals surface area contributed by atoms with E-state index in [9.17, 15) is 24.0 Å². The highest BCUT2D eigenvalue weighted by molar-refractivity contribution is 5.91. The number of hydrogen-bond acceptors (Lipinski definition) is 9. The number of benzene rings is 1. The van der Waals surface area contributed by atoms with Crippen LogP contribution in [0.5, 0.6) is 0 Å². The summed E-state index contributed by atoms with van der Waals surface area (Å²) in [6.07, 6.45) is 1.17. The Morgan fingerprint density at radius 1 is 0.867 bits per heavy atom. The van der Waals surface area contributed by atoms with Crippen LogP contribution in [0.3, 0.4) is 0 Å². The summed E-state index contributed by atoms with van der Waals surface area (Å²) in [5.41, 5.74) is 0.424. The summed E-state index contributed by atoms with van der Waals surface area (Å²) in [5.74, 6) is -1.98. The van der Waals surface area contributed by atoms with E-state index in [-0.39, 0.29) is 65.8 Å². The molecule has 2 heterocycles. The van der Waals surface area contributed by atoms with Gasteiger partial charge in [-0.25, -0.2) is 0 Å². The van der Waals surface area contributed by atoms with Crippen molar-refractivity contribution in [3.05, 3.63) is 35.9 Å². The predicted molar refractivity (Wildman–Crippen MR) is 236 cm³/mol. The highest BCUT2D eigenvalue weighted by atomic mass is 16.5. The average Bonchev–Trinajstić information content (AvgIpc) is 3.68. The molecular formula is C46H79N7O7. The van der Waals surface area contributed by atoms with Gasteiger partial charge in [0, 0.05) is 66.0 Å². The lowest BCUT2D eigenvalue weighted by atomic mass is 9.89. The summed E-state index contributed by atoms with van der Waals surface area (Å²) in [7, 11) is 4.87. The first-order valence-electron chi connectivity index (χ1n) is 22.3. The van der Waals surface area contributed by atoms with Crippen molar-refractivity contribution in [2.24, 2.45) is 23.7 Å². The van der Waals surface area contributed by atoms with Crippen molar-refractivity contribution in [1.29, 1.82) is 0 Å². The molecule has 14 heteroatoms. The Bertz CT molecular complexity index is 1530. The van der Waals surface area contributed by atoms with Crippen LogP contribution in [0, 0.1) is 23.7 Å². The van der Waals surface area contributed by atoms with Crippen molar-refractivity contribution in [2.45, 2.75) is 149 Å². The van der Waals surface area contributed by atoms with E-state index in [1.54, 1.807) is 38.0 Å². The maximum atomic E-state index is 14.5. The van der Waals surface area contributed by atoms with Crippen LogP contribution in [0.25, 0.3) is 0 Å². The number of carbonyl (C=O) groups is 5. The topological polar surface area (TPSA) is 162 Å². The number of methoxy groups -OCH3 is 2. The van der Waals surface area contributed by atoms with Crippen molar-refractivity contribution in [1.82, 2.24) is 36.0 Å². The predicted octanol–water partition coefficient (Wildman–Crippen LogP) is 3.62. The second kappa shape index (κ2) is 23.6. The van der Waals surface area contributed by atoms with Gasteiger partial charge in [0.2, 0.25) is 29.5 Å². The van der Waals surface area contributed by atoms with E-state index in [1.165, 1.54) is 0 Å². The van der Waals surface area contributed by atoms with Gasteiger partial charge in [-0.15, -0.1) is 0 Å². The van der Waals surface area contributed by atoms with E-state index in [4.69, 9.17) is 9.47 Å². The number of likely N-dealkylation sites (N-methyl/N-ethyl adjacent to an activating group) is 1. The summed E-state index contributed by atoms with van der Waals surface area (Å²) >= 11 is 0. The number of nitrogens with one attached hydrogen (secondary N) is 4. The molecule has 1 unspecified atom stereocenters. The Hall–Kier alpha value is -3.59. The molecule has 4 N–H and O–H groups in total. The van der Waals surface area contributed by atoms with Crippen LogP contribution < -0.4 is 21.3 Å². The molecule has 0 bridgehead atoms. The summed E-state index contributed by atoms with van der Waals surface area (Å²) < 4.78 is 12.1. The molecule has 1 aromatic carbocycles. The van der Waals surface area contributed by atoms with Gasteiger partial charge in [0.05, 0.1) is 42.7 Å². The minimum atomic E-state index is -0.812. The third kappa shape index (κ3) is 14.0. The standard InChI is InChI=1S/C46H79N7O7/c1-14-31(6)40(51(11)45(58)38(29(2)3)49-44(57)39(30(4)5)52-25-22-47-23-26-52)36(59-12)28-37(54)53-24-18-21-35(53)41(60-13)32(7)42(55)48-34(43(56)50-46(8,9)10)27-33-19-16-15-17-20-33/h15-17,19-20,29-32,34-36,38-41,47H,14,18,21-28H2,1-13H3,(H,48,55)(H,49,57)(H,50,56)/t31-,32+,34-,35-,36?,38-,39-,40-,41+/m0/s1. The molecule has 9 atom stereocenters. The molecule has 0 spiro atoms. The van der Waals surface area contributed by atoms with Crippen LogP contribution >= 0.6 is 0 Å². The Balaban J connectivity index is 1.80. The smallest absolute Gasteiger partial charge is 0.245 e. The molecule has 0 aliphatic carbocycles. The fraction of sp³-hybridized carbons (Fsp3) is 0.761. The molecule has 2 fully saturated rings. The van der Waals surface area contributed by atoms with E-state index in [0.717, 1.165) is 44.6 Å². The monoisotopic (exact) mass is 842 g/mol. The van der Waals surface area contributed by atoms with Crippen LogP contribution in [0.2, 0.25) is 0 Å². The Kier molecular flexibility index (Phi) is 19.9. The summed E-state index contributed by atoms with van der Waals surface area (Å²) in [6.45, 7) is 23.2. The minimum Gasteiger partial charge on any atom is -0.379 e. The molecule has 2 aliphatic heterocycles. The number of hydrogen-bond donors (Lipinski definition) is 4. The molecule has 0 saturated carbocycles. The highest BCUT2D eigenvalue weighted by Gasteiger charge is 2.44. The van der Waals surface area contributed by atoms with Gasteiger partial charge in [0.15, 0.2) is 0 Å². The zero-order chi connectivity index (χ0) is 44.9. The van der Waals surface area contributed by atoms with Gasteiger partial charge in [-0.3, -0.25) is 28.9 Å². The van der Waals surface area contributed by atoms with Crippen LogP contribution in [-0.2, 0) is 39.9 Å². The van der Waals surface area contributed by atoms with Crippen LogP contribution in [0.4, 0.5) is 0 Å². The molecule has 60 heavy (non-hydrogen) atoms. The molecule has 5 amide bonds.